The summed E-state index contributed by atoms with van der Waals surface area (Å²) in [5, 5.41) is 18.6. The van der Waals surface area contributed by atoms with Crippen molar-refractivity contribution in [3.8, 4) is 11.5 Å². The van der Waals surface area contributed by atoms with E-state index in [4.69, 9.17) is 0 Å². The van der Waals surface area contributed by atoms with E-state index in [2.05, 4.69) is 0 Å². The number of aromatic hydroxyl groups is 2. The van der Waals surface area contributed by atoms with Gasteiger partial charge in [-0.1, -0.05) is 12.1 Å². The molecule has 0 heterocycles. The van der Waals surface area contributed by atoms with Gasteiger partial charge in [0.1, 0.15) is 6.29 Å². The third kappa shape index (κ3) is 1.64. The Balaban J connectivity index is 3.30. The Morgan fingerprint density at radius 3 is 2.46 bits per heavy atom. The van der Waals surface area contributed by atoms with Gasteiger partial charge in [-0.25, -0.2) is 0 Å². The molecule has 13 heavy (non-hydrogen) atoms. The first-order chi connectivity index (χ1) is 5.99. The first-order valence-electron chi connectivity index (χ1n) is 3.97. The fraction of sp³-hybridized carbons (Fsp3) is 0.300. The first-order valence-corrected chi connectivity index (χ1v) is 3.97. The Bertz CT molecular complexity index is 329. The number of phenolic OH excluding ortho intramolecular Hbond substituents is 2. The lowest BCUT2D eigenvalue weighted by Gasteiger charge is -2.18. The second-order valence-electron chi connectivity index (χ2n) is 3.51. The predicted octanol–water partition coefficient (Wildman–Crippen LogP) is 1.57. The maximum Gasteiger partial charge on any atom is 0.161 e. The lowest BCUT2D eigenvalue weighted by Crippen LogP contribution is -2.18. The molecule has 1 rings (SSSR count). The van der Waals surface area contributed by atoms with E-state index in [1.54, 1.807) is 26.0 Å². The number of para-hydroxylation sites is 1. The molecule has 0 bridgehead atoms. The van der Waals surface area contributed by atoms with Crippen molar-refractivity contribution in [2.75, 3.05) is 0 Å². The van der Waals surface area contributed by atoms with E-state index in [9.17, 15) is 15.0 Å². The third-order valence-corrected chi connectivity index (χ3v) is 2.00. The molecule has 1 aromatic rings. The molecule has 3 nitrogen and oxygen atoms in total. The van der Waals surface area contributed by atoms with Crippen LogP contribution in [0, 0.1) is 0 Å². The zero-order chi connectivity index (χ0) is 10.1. The van der Waals surface area contributed by atoms with Crippen molar-refractivity contribution in [2.24, 2.45) is 0 Å². The fourth-order valence-corrected chi connectivity index (χ4v) is 1.11. The molecule has 0 spiro atoms. The van der Waals surface area contributed by atoms with Crippen LogP contribution in [0.25, 0.3) is 0 Å². The van der Waals surface area contributed by atoms with Crippen LogP contribution in [-0.4, -0.2) is 16.5 Å². The van der Waals surface area contributed by atoms with Gasteiger partial charge in [0.2, 0.25) is 0 Å². The van der Waals surface area contributed by atoms with Gasteiger partial charge in [0.05, 0.1) is 0 Å². The lowest BCUT2D eigenvalue weighted by atomic mass is 9.85. The summed E-state index contributed by atoms with van der Waals surface area (Å²) in [6.07, 6.45) is 0.738. The van der Waals surface area contributed by atoms with E-state index in [1.165, 1.54) is 6.07 Å². The number of hydrogen-bond acceptors (Lipinski definition) is 3. The van der Waals surface area contributed by atoms with Gasteiger partial charge in [-0.3, -0.25) is 0 Å². The van der Waals surface area contributed by atoms with Crippen molar-refractivity contribution in [3.05, 3.63) is 23.8 Å². The molecule has 0 aliphatic carbocycles. The zero-order valence-corrected chi connectivity index (χ0v) is 7.61. The van der Waals surface area contributed by atoms with E-state index in [0.717, 1.165) is 6.29 Å². The average Bonchev–Trinajstić information content (AvgIpc) is 2.09. The summed E-state index contributed by atoms with van der Waals surface area (Å²) in [7, 11) is 0. The number of phenols is 2. The van der Waals surface area contributed by atoms with Gasteiger partial charge in [-0.15, -0.1) is 0 Å². The van der Waals surface area contributed by atoms with E-state index in [-0.39, 0.29) is 11.5 Å². The van der Waals surface area contributed by atoms with Crippen LogP contribution in [0.3, 0.4) is 0 Å². The number of benzene rings is 1. The van der Waals surface area contributed by atoms with Crippen LogP contribution in [0.1, 0.15) is 19.4 Å². The minimum atomic E-state index is -0.775. The Hall–Kier alpha value is -1.51. The third-order valence-electron chi connectivity index (χ3n) is 2.00. The monoisotopic (exact) mass is 180 g/mol. The van der Waals surface area contributed by atoms with E-state index in [0.29, 0.717) is 5.56 Å². The summed E-state index contributed by atoms with van der Waals surface area (Å²) < 4.78 is 0. The molecule has 0 aliphatic heterocycles. The second-order valence-corrected chi connectivity index (χ2v) is 3.51. The molecule has 0 saturated heterocycles. The van der Waals surface area contributed by atoms with E-state index in [1.807, 2.05) is 0 Å². The Morgan fingerprint density at radius 2 is 1.92 bits per heavy atom. The standard InChI is InChI=1S/C10H12O3/c1-10(2,6-11)7-4-3-5-8(12)9(7)13/h3-6,12-13H,1-2H3. The molecule has 0 aromatic heterocycles. The summed E-state index contributed by atoms with van der Waals surface area (Å²) in [4.78, 5) is 10.7. The second kappa shape index (κ2) is 3.09. The maximum absolute atomic E-state index is 10.7. The molecule has 1 aromatic carbocycles. The quantitative estimate of drug-likeness (QED) is 0.536. The topological polar surface area (TPSA) is 57.5 Å². The van der Waals surface area contributed by atoms with Crippen molar-refractivity contribution in [2.45, 2.75) is 19.3 Å². The highest BCUT2D eigenvalue weighted by Crippen LogP contribution is 2.35. The molecule has 0 amide bonds. The molecule has 3 heteroatoms. The van der Waals surface area contributed by atoms with E-state index < -0.39 is 5.41 Å². The Labute approximate surface area is 76.6 Å². The molecule has 0 unspecified atom stereocenters. The number of carbonyl (C=O) groups is 1. The maximum atomic E-state index is 10.7. The molecule has 0 aliphatic rings. The highest BCUT2D eigenvalue weighted by Gasteiger charge is 2.24. The number of hydrogen-bond donors (Lipinski definition) is 2. The SMILES string of the molecule is CC(C)(C=O)c1cccc(O)c1O. The van der Waals surface area contributed by atoms with Crippen LogP contribution in [-0.2, 0) is 10.2 Å². The number of aldehydes is 1. The van der Waals surface area contributed by atoms with Gasteiger partial charge in [0.25, 0.3) is 0 Å². The minimum absolute atomic E-state index is 0.201. The van der Waals surface area contributed by atoms with Crippen LogP contribution in [0.5, 0.6) is 11.5 Å². The predicted molar refractivity (Wildman–Crippen MR) is 48.9 cm³/mol. The number of carbonyl (C=O) groups excluding carboxylic acids is 1. The molecule has 2 N–H and O–H groups in total. The van der Waals surface area contributed by atoms with Crippen LogP contribution in [0.4, 0.5) is 0 Å². The van der Waals surface area contributed by atoms with Crippen LogP contribution in [0.2, 0.25) is 0 Å². The molecule has 0 radical (unpaired) electrons. The molecule has 0 saturated carbocycles. The molecular weight excluding hydrogens is 168 g/mol. The molecule has 0 atom stereocenters. The first kappa shape index (κ1) is 9.58. The van der Waals surface area contributed by atoms with Crippen molar-refractivity contribution in [3.63, 3.8) is 0 Å². The van der Waals surface area contributed by atoms with Crippen molar-refractivity contribution >= 4 is 6.29 Å². The van der Waals surface area contributed by atoms with Gasteiger partial charge in [0, 0.05) is 11.0 Å². The zero-order valence-electron chi connectivity index (χ0n) is 7.61. The Morgan fingerprint density at radius 1 is 1.31 bits per heavy atom. The van der Waals surface area contributed by atoms with Crippen LogP contribution < -0.4 is 0 Å². The summed E-state index contributed by atoms with van der Waals surface area (Å²) in [6.45, 7) is 3.35. The van der Waals surface area contributed by atoms with Gasteiger partial charge < -0.3 is 15.0 Å². The molecule has 70 valence electrons. The summed E-state index contributed by atoms with van der Waals surface area (Å²) in [5.74, 6) is -0.424. The summed E-state index contributed by atoms with van der Waals surface area (Å²) in [5.41, 5.74) is -0.342. The highest BCUT2D eigenvalue weighted by atomic mass is 16.3. The van der Waals surface area contributed by atoms with Gasteiger partial charge in [-0.05, 0) is 19.9 Å². The smallest absolute Gasteiger partial charge is 0.161 e. The van der Waals surface area contributed by atoms with Gasteiger partial charge in [0.15, 0.2) is 11.5 Å². The molecular formula is C10H12O3. The largest absolute Gasteiger partial charge is 0.504 e. The van der Waals surface area contributed by atoms with E-state index >= 15 is 0 Å². The van der Waals surface area contributed by atoms with Gasteiger partial charge in [-0.2, -0.15) is 0 Å². The Kier molecular flexibility index (Phi) is 2.28. The summed E-state index contributed by atoms with van der Waals surface area (Å²) in [6, 6.07) is 4.58. The lowest BCUT2D eigenvalue weighted by molar-refractivity contribution is -0.111. The normalized spacial score (nSPS) is 11.2. The highest BCUT2D eigenvalue weighted by molar-refractivity contribution is 5.70. The van der Waals surface area contributed by atoms with Crippen molar-refractivity contribution in [1.82, 2.24) is 0 Å². The van der Waals surface area contributed by atoms with Crippen LogP contribution in [0.15, 0.2) is 18.2 Å². The minimum Gasteiger partial charge on any atom is -0.504 e. The van der Waals surface area contributed by atoms with Crippen LogP contribution >= 0.6 is 0 Å². The fourth-order valence-electron chi connectivity index (χ4n) is 1.11. The van der Waals surface area contributed by atoms with Gasteiger partial charge >= 0.3 is 0 Å². The molecule has 0 fully saturated rings. The number of rotatable bonds is 2. The summed E-state index contributed by atoms with van der Waals surface area (Å²) >= 11 is 0. The van der Waals surface area contributed by atoms with Crippen molar-refractivity contribution < 1.29 is 15.0 Å². The average molecular weight is 180 g/mol. The van der Waals surface area contributed by atoms with Crippen molar-refractivity contribution in [1.29, 1.82) is 0 Å².